The van der Waals surface area contributed by atoms with Gasteiger partial charge in [0.2, 0.25) is 5.82 Å². The van der Waals surface area contributed by atoms with Crippen molar-refractivity contribution in [1.82, 2.24) is 19.5 Å². The molecule has 0 fully saturated rings. The summed E-state index contributed by atoms with van der Waals surface area (Å²) >= 11 is 5.93. The summed E-state index contributed by atoms with van der Waals surface area (Å²) in [5.74, 6) is 5.28. The van der Waals surface area contributed by atoms with Gasteiger partial charge < -0.3 is 5.73 Å². The minimum absolute atomic E-state index is 0.103. The number of nitrogens with zero attached hydrogens (tertiary/aromatic N) is 4. The highest BCUT2D eigenvalue weighted by Crippen LogP contribution is 2.17. The SMILES string of the molecule is Cc1ccc(-n2c(C(N)=O)nc(C#Cc3cc(Cl)ccn3)c2C)cn1. The lowest BCUT2D eigenvalue weighted by Crippen LogP contribution is -2.18. The maximum atomic E-state index is 11.8. The highest BCUT2D eigenvalue weighted by atomic mass is 35.5. The molecule has 0 aliphatic heterocycles. The van der Waals surface area contributed by atoms with E-state index >= 15 is 0 Å². The molecule has 0 radical (unpaired) electrons. The molecule has 0 unspecified atom stereocenters. The van der Waals surface area contributed by atoms with Crippen molar-refractivity contribution in [2.45, 2.75) is 13.8 Å². The fraction of sp³-hybridized carbons (Fsp3) is 0.111. The van der Waals surface area contributed by atoms with Gasteiger partial charge in [-0.3, -0.25) is 14.3 Å². The normalized spacial score (nSPS) is 10.2. The van der Waals surface area contributed by atoms with Gasteiger partial charge >= 0.3 is 0 Å². The van der Waals surface area contributed by atoms with Crippen LogP contribution in [0.4, 0.5) is 0 Å². The van der Waals surface area contributed by atoms with Gasteiger partial charge in [0.05, 0.1) is 17.6 Å². The van der Waals surface area contributed by atoms with Crippen molar-refractivity contribution >= 4 is 17.5 Å². The summed E-state index contributed by atoms with van der Waals surface area (Å²) < 4.78 is 1.64. The lowest BCUT2D eigenvalue weighted by Gasteiger charge is -2.07. The van der Waals surface area contributed by atoms with E-state index in [0.29, 0.717) is 27.8 Å². The molecule has 1 amide bonds. The Morgan fingerprint density at radius 1 is 1.20 bits per heavy atom. The summed E-state index contributed by atoms with van der Waals surface area (Å²) in [6.07, 6.45) is 3.23. The Balaban J connectivity index is 2.10. The van der Waals surface area contributed by atoms with E-state index in [1.165, 1.54) is 0 Å². The van der Waals surface area contributed by atoms with Crippen LogP contribution in [0.25, 0.3) is 5.69 Å². The molecule has 124 valence electrons. The zero-order valence-corrected chi connectivity index (χ0v) is 14.4. The van der Waals surface area contributed by atoms with Crippen LogP contribution < -0.4 is 5.73 Å². The van der Waals surface area contributed by atoms with Crippen LogP contribution in [-0.2, 0) is 0 Å². The third kappa shape index (κ3) is 3.52. The molecule has 25 heavy (non-hydrogen) atoms. The third-order valence-corrected chi connectivity index (χ3v) is 3.75. The minimum Gasteiger partial charge on any atom is -0.363 e. The van der Waals surface area contributed by atoms with E-state index in [1.54, 1.807) is 29.1 Å². The molecule has 3 rings (SSSR count). The topological polar surface area (TPSA) is 86.7 Å². The van der Waals surface area contributed by atoms with Crippen LogP contribution in [0.3, 0.4) is 0 Å². The van der Waals surface area contributed by atoms with Crippen molar-refractivity contribution in [3.05, 3.63) is 70.3 Å². The zero-order chi connectivity index (χ0) is 18.0. The minimum atomic E-state index is -0.641. The molecule has 7 heteroatoms. The molecule has 0 atom stereocenters. The Morgan fingerprint density at radius 2 is 2.00 bits per heavy atom. The first-order valence-electron chi connectivity index (χ1n) is 7.41. The zero-order valence-electron chi connectivity index (χ0n) is 13.6. The summed E-state index contributed by atoms with van der Waals surface area (Å²) in [5.41, 5.74) is 8.68. The van der Waals surface area contributed by atoms with Crippen LogP contribution in [0.1, 0.15) is 33.4 Å². The molecule has 3 aromatic heterocycles. The van der Waals surface area contributed by atoms with Crippen LogP contribution in [0, 0.1) is 25.7 Å². The second kappa shape index (κ2) is 6.75. The van der Waals surface area contributed by atoms with Crippen LogP contribution in [-0.4, -0.2) is 25.4 Å². The fourth-order valence-electron chi connectivity index (χ4n) is 2.29. The lowest BCUT2D eigenvalue weighted by molar-refractivity contribution is 0.0988. The predicted molar refractivity (Wildman–Crippen MR) is 94.6 cm³/mol. The Morgan fingerprint density at radius 3 is 2.64 bits per heavy atom. The van der Waals surface area contributed by atoms with Gasteiger partial charge in [-0.25, -0.2) is 9.97 Å². The molecule has 6 nitrogen and oxygen atoms in total. The number of halogens is 1. The van der Waals surface area contributed by atoms with Crippen molar-refractivity contribution in [3.63, 3.8) is 0 Å². The number of imidazole rings is 1. The summed E-state index contributed by atoms with van der Waals surface area (Å²) in [4.78, 5) is 24.4. The van der Waals surface area contributed by atoms with Crippen molar-refractivity contribution in [1.29, 1.82) is 0 Å². The van der Waals surface area contributed by atoms with Gasteiger partial charge in [0.15, 0.2) is 0 Å². The van der Waals surface area contributed by atoms with Gasteiger partial charge in [0, 0.05) is 16.9 Å². The fourth-order valence-corrected chi connectivity index (χ4v) is 2.45. The number of amides is 1. The average molecular weight is 352 g/mol. The average Bonchev–Trinajstić information content (AvgIpc) is 2.91. The molecule has 0 aliphatic rings. The number of rotatable bonds is 2. The van der Waals surface area contributed by atoms with Gasteiger partial charge in [-0.2, -0.15) is 0 Å². The van der Waals surface area contributed by atoms with Crippen LogP contribution >= 0.6 is 11.6 Å². The van der Waals surface area contributed by atoms with Crippen molar-refractivity contribution in [2.75, 3.05) is 0 Å². The van der Waals surface area contributed by atoms with Gasteiger partial charge in [-0.05, 0) is 50.0 Å². The monoisotopic (exact) mass is 351 g/mol. The smallest absolute Gasteiger partial charge is 0.285 e. The number of carbonyl (C=O) groups is 1. The van der Waals surface area contributed by atoms with E-state index < -0.39 is 5.91 Å². The van der Waals surface area contributed by atoms with Crippen LogP contribution in [0.2, 0.25) is 5.02 Å². The first kappa shape index (κ1) is 16.7. The molecular formula is C18H14ClN5O. The highest BCUT2D eigenvalue weighted by Gasteiger charge is 2.18. The van der Waals surface area contributed by atoms with Gasteiger partial charge in [0.25, 0.3) is 5.91 Å². The van der Waals surface area contributed by atoms with Crippen LogP contribution in [0.15, 0.2) is 36.7 Å². The predicted octanol–water partition coefficient (Wildman–Crippen LogP) is 2.43. The van der Waals surface area contributed by atoms with Crippen molar-refractivity contribution < 1.29 is 4.79 Å². The van der Waals surface area contributed by atoms with E-state index in [-0.39, 0.29) is 5.82 Å². The van der Waals surface area contributed by atoms with Crippen LogP contribution in [0.5, 0.6) is 0 Å². The van der Waals surface area contributed by atoms with E-state index in [1.807, 2.05) is 26.0 Å². The summed E-state index contributed by atoms with van der Waals surface area (Å²) in [5, 5.41) is 0.546. The first-order valence-corrected chi connectivity index (χ1v) is 7.79. The summed E-state index contributed by atoms with van der Waals surface area (Å²) in [6.45, 7) is 3.70. The Kier molecular flexibility index (Phi) is 4.50. The maximum Gasteiger partial charge on any atom is 0.285 e. The molecule has 2 N–H and O–H groups in total. The quantitative estimate of drug-likeness (QED) is 0.718. The molecular weight excluding hydrogens is 338 g/mol. The van der Waals surface area contributed by atoms with Gasteiger partial charge in [-0.15, -0.1) is 0 Å². The molecule has 0 aromatic carbocycles. The number of aryl methyl sites for hydroxylation is 1. The number of aromatic nitrogens is 4. The number of hydrogen-bond acceptors (Lipinski definition) is 4. The van der Waals surface area contributed by atoms with E-state index in [9.17, 15) is 4.79 Å². The number of primary amides is 1. The second-order valence-electron chi connectivity index (χ2n) is 5.34. The molecule has 0 spiro atoms. The molecule has 3 aromatic rings. The number of hydrogen-bond donors (Lipinski definition) is 1. The molecule has 0 aliphatic carbocycles. The number of pyridine rings is 2. The Labute approximate surface area is 149 Å². The standard InChI is InChI=1S/C18H14ClN5O/c1-11-3-5-15(10-22-11)24-12(2)16(23-18(24)17(20)25)6-4-14-9-13(19)7-8-21-14/h3,5,7-10H,1-2H3,(H2,20,25). The summed E-state index contributed by atoms with van der Waals surface area (Å²) in [6, 6.07) is 7.02. The molecule has 3 heterocycles. The summed E-state index contributed by atoms with van der Waals surface area (Å²) in [7, 11) is 0. The largest absolute Gasteiger partial charge is 0.363 e. The van der Waals surface area contributed by atoms with E-state index in [2.05, 4.69) is 26.8 Å². The van der Waals surface area contributed by atoms with Crippen molar-refractivity contribution in [2.24, 2.45) is 5.73 Å². The molecule has 0 bridgehead atoms. The Hall–Kier alpha value is -3.17. The number of nitrogens with two attached hydrogens (primary N) is 1. The van der Waals surface area contributed by atoms with Gasteiger partial charge in [0.1, 0.15) is 11.4 Å². The van der Waals surface area contributed by atoms with Crippen molar-refractivity contribution in [3.8, 4) is 17.5 Å². The molecule has 0 saturated carbocycles. The maximum absolute atomic E-state index is 11.8. The van der Waals surface area contributed by atoms with Gasteiger partial charge in [-0.1, -0.05) is 11.6 Å². The Bertz CT molecular complexity index is 1010. The molecule has 0 saturated heterocycles. The van der Waals surface area contributed by atoms with E-state index in [4.69, 9.17) is 17.3 Å². The first-order chi connectivity index (χ1) is 12.0. The second-order valence-corrected chi connectivity index (χ2v) is 5.77. The van der Waals surface area contributed by atoms with E-state index in [0.717, 1.165) is 5.69 Å². The number of carbonyl (C=O) groups excluding carboxylic acids is 1. The third-order valence-electron chi connectivity index (χ3n) is 3.51. The highest BCUT2D eigenvalue weighted by molar-refractivity contribution is 6.30. The lowest BCUT2D eigenvalue weighted by atomic mass is 10.3.